The van der Waals surface area contributed by atoms with E-state index in [1.165, 1.54) is 68.4 Å². The van der Waals surface area contributed by atoms with Crippen LogP contribution in [0.25, 0.3) is 64.2 Å². The molecular formula is C38H37N3O2S2. The molecule has 0 atom stereocenters. The molecule has 5 nitrogen and oxygen atoms in total. The Bertz CT molecular complexity index is 2170. The van der Waals surface area contributed by atoms with Crippen molar-refractivity contribution in [2.24, 2.45) is 0 Å². The highest BCUT2D eigenvalue weighted by atomic mass is 32.1. The van der Waals surface area contributed by atoms with Crippen LogP contribution in [0.4, 0.5) is 0 Å². The molecule has 0 aliphatic rings. The first-order valence-corrected chi connectivity index (χ1v) is 17.2. The number of aryl methyl sites for hydroxylation is 3. The quantitative estimate of drug-likeness (QED) is 0.141. The highest BCUT2D eigenvalue weighted by molar-refractivity contribution is 7.19. The second-order valence-electron chi connectivity index (χ2n) is 11.6. The molecule has 228 valence electrons. The second-order valence-corrected chi connectivity index (χ2v) is 14.0. The molecule has 0 unspecified atom stereocenters. The van der Waals surface area contributed by atoms with Crippen molar-refractivity contribution in [3.63, 3.8) is 0 Å². The zero-order chi connectivity index (χ0) is 31.1. The molecule has 0 fully saturated rings. The van der Waals surface area contributed by atoms with E-state index >= 15 is 0 Å². The number of benzene rings is 3. The molecule has 7 rings (SSSR count). The van der Waals surface area contributed by atoms with E-state index in [9.17, 15) is 0 Å². The normalized spacial score (nSPS) is 11.7. The third-order valence-electron chi connectivity index (χ3n) is 8.57. The maximum Gasteiger partial charge on any atom is 0.278 e. The molecule has 0 bridgehead atoms. The number of aromatic nitrogens is 3. The topological polar surface area (TPSA) is 49.2 Å². The van der Waals surface area contributed by atoms with Gasteiger partial charge in [0, 0.05) is 59.0 Å². The second kappa shape index (κ2) is 12.3. The highest BCUT2D eigenvalue weighted by Gasteiger charge is 2.20. The fourth-order valence-corrected chi connectivity index (χ4v) is 8.20. The lowest BCUT2D eigenvalue weighted by molar-refractivity contribution is 0.334. The van der Waals surface area contributed by atoms with Gasteiger partial charge in [0.15, 0.2) is 0 Å². The van der Waals surface area contributed by atoms with Crippen molar-refractivity contribution >= 4 is 55.5 Å². The largest absolute Gasteiger partial charge is 0.477 e. The van der Waals surface area contributed by atoms with E-state index in [0.717, 1.165) is 38.5 Å². The molecule has 0 saturated heterocycles. The summed E-state index contributed by atoms with van der Waals surface area (Å²) < 4.78 is 13.7. The van der Waals surface area contributed by atoms with Crippen molar-refractivity contribution in [1.82, 2.24) is 14.5 Å². The summed E-state index contributed by atoms with van der Waals surface area (Å²) in [4.78, 5) is 14.6. The van der Waals surface area contributed by atoms with Crippen molar-refractivity contribution in [3.05, 3.63) is 83.2 Å². The van der Waals surface area contributed by atoms with Crippen molar-refractivity contribution in [2.75, 3.05) is 14.2 Å². The van der Waals surface area contributed by atoms with Crippen LogP contribution in [0.3, 0.4) is 0 Å². The van der Waals surface area contributed by atoms with Crippen LogP contribution in [0.2, 0.25) is 0 Å². The van der Waals surface area contributed by atoms with Gasteiger partial charge in [-0.3, -0.25) is 0 Å². The van der Waals surface area contributed by atoms with Crippen molar-refractivity contribution < 1.29 is 9.47 Å². The molecule has 4 aromatic heterocycles. The minimum atomic E-state index is 0.384. The van der Waals surface area contributed by atoms with Gasteiger partial charge in [0.05, 0.1) is 14.2 Å². The van der Waals surface area contributed by atoms with E-state index in [1.54, 1.807) is 36.9 Å². The average Bonchev–Trinajstić information content (AvgIpc) is 3.79. The lowest BCUT2D eigenvalue weighted by Gasteiger charge is -2.12. The van der Waals surface area contributed by atoms with Crippen LogP contribution >= 0.6 is 22.7 Å². The Hall–Kier alpha value is -4.20. The van der Waals surface area contributed by atoms with Gasteiger partial charge in [-0.25, -0.2) is 9.97 Å². The molecule has 0 N–H and O–H groups in total. The fraction of sp³-hybridized carbons (Fsp3) is 0.263. The molecule has 3 aromatic carbocycles. The maximum absolute atomic E-state index is 5.59. The summed E-state index contributed by atoms with van der Waals surface area (Å²) in [5, 5.41) is 2.66. The van der Waals surface area contributed by atoms with E-state index in [0.29, 0.717) is 11.8 Å². The molecule has 0 aliphatic carbocycles. The van der Waals surface area contributed by atoms with Crippen LogP contribution in [0.15, 0.2) is 72.8 Å². The number of rotatable bonds is 10. The summed E-state index contributed by atoms with van der Waals surface area (Å²) in [6.07, 6.45) is 4.98. The maximum atomic E-state index is 5.59. The predicted molar refractivity (Wildman–Crippen MR) is 191 cm³/mol. The SMILES string of the molecule is CCCCCCn1c2cc(C)ccc2c2ccc(-c3ccc(-c4ccc(-c5ccc(C)s5)c5nc(OC)c(OC)nc45)s3)cc21. The molecular weight excluding hydrogens is 595 g/mol. The summed E-state index contributed by atoms with van der Waals surface area (Å²) in [6.45, 7) is 7.62. The minimum Gasteiger partial charge on any atom is -0.477 e. The molecule has 45 heavy (non-hydrogen) atoms. The Morgan fingerprint density at radius 2 is 1.27 bits per heavy atom. The van der Waals surface area contributed by atoms with Crippen LogP contribution in [0.1, 0.15) is 43.0 Å². The van der Waals surface area contributed by atoms with E-state index in [4.69, 9.17) is 19.4 Å². The third-order valence-corrected chi connectivity index (χ3v) is 10.8. The van der Waals surface area contributed by atoms with E-state index in [2.05, 4.69) is 98.1 Å². The van der Waals surface area contributed by atoms with E-state index < -0.39 is 0 Å². The number of fused-ring (bicyclic) bond motifs is 4. The molecule has 0 aliphatic heterocycles. The Morgan fingerprint density at radius 3 is 1.91 bits per heavy atom. The molecule has 4 heterocycles. The van der Waals surface area contributed by atoms with Gasteiger partial charge in [-0.1, -0.05) is 62.6 Å². The van der Waals surface area contributed by atoms with Crippen molar-refractivity contribution in [3.8, 4) is 43.1 Å². The molecule has 0 radical (unpaired) electrons. The number of hydrogen-bond donors (Lipinski definition) is 0. The zero-order valence-electron chi connectivity index (χ0n) is 26.4. The van der Waals surface area contributed by atoms with Crippen LogP contribution in [0.5, 0.6) is 11.8 Å². The summed E-state index contributed by atoms with van der Waals surface area (Å²) in [5.74, 6) is 0.770. The van der Waals surface area contributed by atoms with Gasteiger partial charge in [-0.2, -0.15) is 0 Å². The summed E-state index contributed by atoms with van der Waals surface area (Å²) in [6, 6.07) is 26.9. The van der Waals surface area contributed by atoms with Crippen LogP contribution < -0.4 is 9.47 Å². The van der Waals surface area contributed by atoms with E-state index in [-0.39, 0.29) is 0 Å². The summed E-state index contributed by atoms with van der Waals surface area (Å²) in [5.41, 5.74) is 8.87. The minimum absolute atomic E-state index is 0.384. The number of hydrogen-bond acceptors (Lipinski definition) is 6. The van der Waals surface area contributed by atoms with Crippen LogP contribution in [0, 0.1) is 13.8 Å². The van der Waals surface area contributed by atoms with Gasteiger partial charge in [0.1, 0.15) is 11.0 Å². The Balaban J connectivity index is 1.33. The molecule has 0 amide bonds. The molecule has 0 spiro atoms. The van der Waals surface area contributed by atoms with Gasteiger partial charge in [-0.05, 0) is 67.8 Å². The van der Waals surface area contributed by atoms with Gasteiger partial charge >= 0.3 is 0 Å². The van der Waals surface area contributed by atoms with Gasteiger partial charge in [-0.15, -0.1) is 22.7 Å². The monoisotopic (exact) mass is 631 g/mol. The molecule has 7 aromatic rings. The number of methoxy groups -OCH3 is 2. The fourth-order valence-electron chi connectivity index (χ4n) is 6.28. The van der Waals surface area contributed by atoms with Crippen molar-refractivity contribution in [2.45, 2.75) is 53.0 Å². The first kappa shape index (κ1) is 29.5. The smallest absolute Gasteiger partial charge is 0.278 e. The Morgan fingerprint density at radius 1 is 0.644 bits per heavy atom. The van der Waals surface area contributed by atoms with Gasteiger partial charge in [0.2, 0.25) is 0 Å². The van der Waals surface area contributed by atoms with E-state index in [1.807, 2.05) is 0 Å². The lowest BCUT2D eigenvalue weighted by Crippen LogP contribution is -1.99. The third kappa shape index (κ3) is 5.38. The number of ether oxygens (including phenoxy) is 2. The number of unbranched alkanes of at least 4 members (excludes halogenated alkanes) is 3. The number of nitrogens with zero attached hydrogens (tertiary/aromatic N) is 3. The first-order chi connectivity index (χ1) is 22.0. The van der Waals surface area contributed by atoms with Crippen molar-refractivity contribution in [1.29, 1.82) is 0 Å². The molecule has 7 heteroatoms. The Kier molecular flexibility index (Phi) is 8.06. The zero-order valence-corrected chi connectivity index (χ0v) is 28.1. The lowest BCUT2D eigenvalue weighted by atomic mass is 10.0. The highest BCUT2D eigenvalue weighted by Crippen LogP contribution is 2.43. The van der Waals surface area contributed by atoms with Crippen LogP contribution in [-0.4, -0.2) is 28.8 Å². The summed E-state index contributed by atoms with van der Waals surface area (Å²) in [7, 11) is 3.21. The first-order valence-electron chi connectivity index (χ1n) is 15.6. The predicted octanol–water partition coefficient (Wildman–Crippen LogP) is 11.1. The number of thiophene rings is 2. The molecule has 0 saturated carbocycles. The van der Waals surface area contributed by atoms with Crippen LogP contribution in [-0.2, 0) is 6.54 Å². The standard InChI is InChI=1S/C38H37N3O2S2/c1-6-7-8-9-20-41-30-21-23(2)10-13-26(30)27-14-12-25(22-31(27)41)32-18-19-34(45-32)29-16-15-28(33-17-11-24(3)44-33)35-36(29)40-38(43-5)37(39-35)42-4/h10-19,21-22H,6-9,20H2,1-5H3. The van der Waals surface area contributed by atoms with Gasteiger partial charge in [0.25, 0.3) is 11.8 Å². The average molecular weight is 632 g/mol. The van der Waals surface area contributed by atoms with Gasteiger partial charge < -0.3 is 14.0 Å². The Labute approximate surface area is 272 Å². The summed E-state index contributed by atoms with van der Waals surface area (Å²) >= 11 is 3.54.